The number of hydrogen-bond donors (Lipinski definition) is 1. The molecule has 0 unspecified atom stereocenters. The molecule has 0 spiro atoms. The fourth-order valence-electron chi connectivity index (χ4n) is 0.488. The van der Waals surface area contributed by atoms with Crippen LogP contribution in [0.25, 0.3) is 0 Å². The van der Waals surface area contributed by atoms with Crippen LogP contribution >= 0.6 is 0 Å². The second kappa shape index (κ2) is 0.469. The lowest BCUT2D eigenvalue weighted by atomic mass is 10.7. The number of H-pyrrole nitrogens is 1. The molecule has 2 heteroatoms. The van der Waals surface area contributed by atoms with Crippen molar-refractivity contribution in [1.82, 2.24) is 4.98 Å². The van der Waals surface area contributed by atoms with Crippen LogP contribution in [-0.4, -0.2) is 4.98 Å². The summed E-state index contributed by atoms with van der Waals surface area (Å²) in [5, 5.41) is 0. The normalized spacial score (nSPS) is 12.7. The first kappa shape index (κ1) is 2.29. The van der Waals surface area contributed by atoms with Gasteiger partial charge < -0.3 is 9.72 Å². The maximum atomic E-state index is 4.79. The highest BCUT2D eigenvalue weighted by Crippen LogP contribution is 2.42. The highest BCUT2D eigenvalue weighted by molar-refractivity contribution is 5.48. The molecule has 1 aromatic heterocycles. The molecule has 0 amide bonds. The third kappa shape index (κ3) is 0.109. The first-order valence-electron chi connectivity index (χ1n) is 1.82. The smallest absolute Gasteiger partial charge is 0.241 e. The van der Waals surface area contributed by atoms with E-state index in [2.05, 4.69) is 4.98 Å². The van der Waals surface area contributed by atoms with Gasteiger partial charge in [-0.15, -0.1) is 0 Å². The van der Waals surface area contributed by atoms with Gasteiger partial charge in [0.05, 0.1) is 0 Å². The number of ether oxygens (including phenoxy) is 1. The topological polar surface area (TPSA) is 28.3 Å². The Bertz CT molecular complexity index is 151. The van der Waals surface area contributed by atoms with Crippen LogP contribution in [0.5, 0.6) is 11.6 Å². The van der Waals surface area contributed by atoms with E-state index in [4.69, 9.17) is 4.74 Å². The lowest BCUT2D eigenvalue weighted by molar-refractivity contribution is 0.626. The Morgan fingerprint density at radius 2 is 2.67 bits per heavy atom. The predicted molar refractivity (Wildman–Crippen MR) is 20.9 cm³/mol. The van der Waals surface area contributed by atoms with Gasteiger partial charge in [-0.3, -0.25) is 0 Å². The van der Waals surface area contributed by atoms with Crippen molar-refractivity contribution in [2.45, 2.75) is 0 Å². The largest absolute Gasteiger partial charge is 0.432 e. The van der Waals surface area contributed by atoms with E-state index in [1.807, 2.05) is 12.3 Å². The zero-order valence-corrected chi connectivity index (χ0v) is 3.06. The van der Waals surface area contributed by atoms with Gasteiger partial charge in [0, 0.05) is 12.3 Å². The minimum absolute atomic E-state index is 0.926. The van der Waals surface area contributed by atoms with E-state index in [0.29, 0.717) is 0 Å². The quantitative estimate of drug-likeness (QED) is 0.473. The van der Waals surface area contributed by atoms with E-state index in [9.17, 15) is 0 Å². The summed E-state index contributed by atoms with van der Waals surface area (Å²) in [4.78, 5) is 2.87. The molecule has 1 aliphatic rings. The fourth-order valence-corrected chi connectivity index (χ4v) is 0.488. The van der Waals surface area contributed by atoms with E-state index >= 15 is 0 Å². The van der Waals surface area contributed by atoms with Gasteiger partial charge in [-0.2, -0.15) is 0 Å². The number of fused-ring (bicyclic) bond motifs is 1. The number of aromatic amines is 1. The van der Waals surface area contributed by atoms with Gasteiger partial charge in [0.2, 0.25) is 5.88 Å². The molecule has 30 valence electrons. The van der Waals surface area contributed by atoms with Crippen molar-refractivity contribution in [2.24, 2.45) is 0 Å². The summed E-state index contributed by atoms with van der Waals surface area (Å²) in [6.45, 7) is 0. The Kier molecular flexibility index (Phi) is 0.179. The van der Waals surface area contributed by atoms with Gasteiger partial charge in [-0.25, -0.2) is 0 Å². The van der Waals surface area contributed by atoms with Gasteiger partial charge >= 0.3 is 0 Å². The second-order valence-electron chi connectivity index (χ2n) is 1.27. The van der Waals surface area contributed by atoms with Crippen molar-refractivity contribution in [1.29, 1.82) is 0 Å². The summed E-state index contributed by atoms with van der Waals surface area (Å²) in [6, 6.07) is 1.90. The van der Waals surface area contributed by atoms with E-state index in [1.165, 1.54) is 0 Å². The Labute approximate surface area is 34.7 Å². The first-order chi connectivity index (χ1) is 2.97. The molecule has 0 fully saturated rings. The summed E-state index contributed by atoms with van der Waals surface area (Å²) in [5.74, 6) is 1.92. The van der Waals surface area contributed by atoms with E-state index < -0.39 is 0 Å². The van der Waals surface area contributed by atoms with Crippen LogP contribution in [0.2, 0.25) is 0 Å². The van der Waals surface area contributed by atoms with E-state index in [1.54, 1.807) is 0 Å². The molecule has 0 bridgehead atoms. The maximum absolute atomic E-state index is 4.79. The number of rotatable bonds is 0. The standard InChI is InChI=1S/C4H3NO/c1-2-5-4-3(1)6-4/h1-2,5H. The summed E-state index contributed by atoms with van der Waals surface area (Å²) in [5.41, 5.74) is 0. The average molecular weight is 81.1 g/mol. The molecule has 0 aliphatic carbocycles. The summed E-state index contributed by atoms with van der Waals surface area (Å²) in [6.07, 6.45) is 1.86. The van der Waals surface area contributed by atoms with Crippen LogP contribution in [0.3, 0.4) is 0 Å². The highest BCUT2D eigenvalue weighted by atomic mass is 16.6. The molecule has 0 radical (unpaired) electrons. The lowest BCUT2D eigenvalue weighted by Crippen LogP contribution is -1.54. The Balaban J connectivity index is 2.88. The second-order valence-corrected chi connectivity index (χ2v) is 1.27. The Hall–Kier alpha value is -0.920. The molecule has 0 atom stereocenters. The summed E-state index contributed by atoms with van der Waals surface area (Å²) in [7, 11) is 0. The number of hydrogen-bond acceptors (Lipinski definition) is 1. The number of nitrogens with one attached hydrogen (secondary N) is 1. The minimum Gasteiger partial charge on any atom is -0.432 e. The van der Waals surface area contributed by atoms with Crippen molar-refractivity contribution in [3.8, 4) is 11.6 Å². The first-order valence-corrected chi connectivity index (χ1v) is 1.82. The molecule has 2 rings (SSSR count). The minimum atomic E-state index is 0.926. The lowest BCUT2D eigenvalue weighted by Gasteiger charge is -1.64. The van der Waals surface area contributed by atoms with Crippen LogP contribution in [0.4, 0.5) is 0 Å². The summed E-state index contributed by atoms with van der Waals surface area (Å²) >= 11 is 0. The maximum Gasteiger partial charge on any atom is 0.241 e. The zero-order valence-electron chi connectivity index (χ0n) is 3.06. The third-order valence-corrected chi connectivity index (χ3v) is 0.843. The molecule has 1 aliphatic heterocycles. The fraction of sp³-hybridized carbons (Fsp3) is 0. The van der Waals surface area contributed by atoms with Gasteiger partial charge in [0.15, 0.2) is 5.75 Å². The SMILES string of the molecule is c1cc2c([nH]1)O2. The van der Waals surface area contributed by atoms with Gasteiger partial charge in [-0.1, -0.05) is 0 Å². The summed E-state index contributed by atoms with van der Waals surface area (Å²) < 4.78 is 4.79. The highest BCUT2D eigenvalue weighted by Gasteiger charge is 2.19. The van der Waals surface area contributed by atoms with E-state index in [-0.39, 0.29) is 0 Å². The molecule has 1 aromatic rings. The molecule has 6 heavy (non-hydrogen) atoms. The zero-order chi connectivity index (χ0) is 3.98. The third-order valence-electron chi connectivity index (χ3n) is 0.843. The Morgan fingerprint density at radius 3 is 2.83 bits per heavy atom. The van der Waals surface area contributed by atoms with E-state index in [0.717, 1.165) is 11.6 Å². The van der Waals surface area contributed by atoms with Crippen LogP contribution in [-0.2, 0) is 0 Å². The molecule has 1 N–H and O–H groups in total. The van der Waals surface area contributed by atoms with Crippen molar-refractivity contribution in [3.63, 3.8) is 0 Å². The molecule has 0 aromatic carbocycles. The van der Waals surface area contributed by atoms with Crippen LogP contribution in [0.15, 0.2) is 12.3 Å². The number of aromatic nitrogens is 1. The van der Waals surface area contributed by atoms with Crippen LogP contribution < -0.4 is 4.74 Å². The van der Waals surface area contributed by atoms with Crippen LogP contribution in [0.1, 0.15) is 0 Å². The average Bonchev–Trinajstić information content (AvgIpc) is 2.17. The van der Waals surface area contributed by atoms with Crippen LogP contribution in [0, 0.1) is 0 Å². The van der Waals surface area contributed by atoms with Gasteiger partial charge in [0.25, 0.3) is 0 Å². The van der Waals surface area contributed by atoms with Crippen molar-refractivity contribution in [2.75, 3.05) is 0 Å². The molecule has 2 heterocycles. The van der Waals surface area contributed by atoms with Gasteiger partial charge in [0.1, 0.15) is 0 Å². The molecular formula is C4H3NO. The molecule has 0 saturated carbocycles. The van der Waals surface area contributed by atoms with Gasteiger partial charge in [-0.05, 0) is 0 Å². The van der Waals surface area contributed by atoms with Crippen molar-refractivity contribution < 1.29 is 4.74 Å². The van der Waals surface area contributed by atoms with Crippen molar-refractivity contribution >= 4 is 0 Å². The monoisotopic (exact) mass is 81.0 g/mol. The van der Waals surface area contributed by atoms with Crippen molar-refractivity contribution in [3.05, 3.63) is 12.3 Å². The molecule has 0 saturated heterocycles. The molecule has 2 nitrogen and oxygen atoms in total. The Morgan fingerprint density at radius 1 is 1.67 bits per heavy atom. The predicted octanol–water partition coefficient (Wildman–Crippen LogP) is 1.12. The molecular weight excluding hydrogens is 78.0 g/mol.